The number of likely N-dealkylation sites (tertiary alicyclic amines) is 1. The van der Waals surface area contributed by atoms with Crippen molar-refractivity contribution in [2.75, 3.05) is 20.1 Å². The minimum Gasteiger partial charge on any atom is -0.348 e. The number of piperidine rings is 1. The summed E-state index contributed by atoms with van der Waals surface area (Å²) in [6.07, 6.45) is -3.02. The van der Waals surface area contributed by atoms with Gasteiger partial charge in [0.05, 0.1) is 4.47 Å². The summed E-state index contributed by atoms with van der Waals surface area (Å²) < 4.78 is 40.5. The number of alkyl halides is 3. The van der Waals surface area contributed by atoms with E-state index in [9.17, 15) is 18.0 Å². The lowest BCUT2D eigenvalue weighted by Crippen LogP contribution is -2.43. The molecule has 3 rings (SSSR count). The Labute approximate surface area is 150 Å². The molecule has 10 heteroatoms. The Morgan fingerprint density at radius 2 is 2.00 bits per heavy atom. The molecule has 1 aliphatic heterocycles. The molecule has 1 aliphatic rings. The zero-order chi connectivity index (χ0) is 18.4. The van der Waals surface area contributed by atoms with Crippen LogP contribution in [0.2, 0.25) is 0 Å². The Morgan fingerprint density at radius 3 is 2.60 bits per heavy atom. The molecule has 0 aromatic carbocycles. The molecule has 0 bridgehead atoms. The first-order chi connectivity index (χ1) is 11.7. The molecule has 0 spiro atoms. The van der Waals surface area contributed by atoms with Crippen LogP contribution in [0.3, 0.4) is 0 Å². The molecule has 136 valence electrons. The maximum Gasteiger partial charge on any atom is 0.433 e. The van der Waals surface area contributed by atoms with Gasteiger partial charge in [0, 0.05) is 11.7 Å². The third-order valence-electron chi connectivity index (χ3n) is 4.22. The van der Waals surface area contributed by atoms with E-state index >= 15 is 0 Å². The predicted molar refractivity (Wildman–Crippen MR) is 88.4 cm³/mol. The maximum absolute atomic E-state index is 13.2. The van der Waals surface area contributed by atoms with Gasteiger partial charge in [-0.1, -0.05) is 0 Å². The topological polar surface area (TPSA) is 62.5 Å². The Hall–Kier alpha value is -1.68. The number of amides is 1. The molecule has 25 heavy (non-hydrogen) atoms. The normalized spacial score (nSPS) is 17.2. The van der Waals surface area contributed by atoms with Crippen LogP contribution in [0.5, 0.6) is 0 Å². The number of nitrogens with one attached hydrogen (secondary N) is 1. The van der Waals surface area contributed by atoms with Crippen LogP contribution in [0.15, 0.2) is 10.5 Å². The molecule has 3 heterocycles. The van der Waals surface area contributed by atoms with Gasteiger partial charge < -0.3 is 10.2 Å². The van der Waals surface area contributed by atoms with Crippen LogP contribution in [0, 0.1) is 6.92 Å². The van der Waals surface area contributed by atoms with Crippen LogP contribution in [0.4, 0.5) is 13.2 Å². The summed E-state index contributed by atoms with van der Waals surface area (Å²) in [5, 5.41) is 6.71. The van der Waals surface area contributed by atoms with Crippen molar-refractivity contribution >= 4 is 27.5 Å². The zero-order valence-corrected chi connectivity index (χ0v) is 15.3. The third-order valence-corrected chi connectivity index (χ3v) is 4.95. The van der Waals surface area contributed by atoms with Gasteiger partial charge in [-0.05, 0) is 61.9 Å². The van der Waals surface area contributed by atoms with Gasteiger partial charge in [0.15, 0.2) is 11.3 Å². The summed E-state index contributed by atoms with van der Waals surface area (Å²) in [6.45, 7) is 3.18. The molecule has 0 atom stereocenters. The minimum absolute atomic E-state index is 0.0165. The second-order valence-corrected chi connectivity index (χ2v) is 7.02. The quantitative estimate of drug-likeness (QED) is 0.812. The molecule has 0 unspecified atom stereocenters. The Bertz CT molecular complexity index is 812. The van der Waals surface area contributed by atoms with Crippen molar-refractivity contribution in [3.05, 3.63) is 27.6 Å². The summed E-state index contributed by atoms with van der Waals surface area (Å²) in [5.41, 5.74) is -0.889. The fraction of sp³-hybridized carbons (Fsp3) is 0.533. The van der Waals surface area contributed by atoms with Gasteiger partial charge in [0.1, 0.15) is 5.69 Å². The number of fused-ring (bicyclic) bond motifs is 1. The van der Waals surface area contributed by atoms with Crippen LogP contribution in [-0.4, -0.2) is 51.6 Å². The first kappa shape index (κ1) is 18.1. The first-order valence-electron chi connectivity index (χ1n) is 7.79. The number of nitrogens with zero attached hydrogens (tertiary/aromatic N) is 4. The van der Waals surface area contributed by atoms with Crippen molar-refractivity contribution in [1.29, 1.82) is 0 Å². The highest BCUT2D eigenvalue weighted by atomic mass is 79.9. The van der Waals surface area contributed by atoms with E-state index in [1.807, 2.05) is 7.05 Å². The van der Waals surface area contributed by atoms with Crippen molar-refractivity contribution in [2.45, 2.75) is 32.0 Å². The van der Waals surface area contributed by atoms with Gasteiger partial charge in [-0.15, -0.1) is 0 Å². The van der Waals surface area contributed by atoms with Crippen molar-refractivity contribution in [1.82, 2.24) is 24.8 Å². The lowest BCUT2D eigenvalue weighted by atomic mass is 10.1. The molecule has 1 fully saturated rings. The van der Waals surface area contributed by atoms with Gasteiger partial charge in [0.2, 0.25) is 0 Å². The number of rotatable bonds is 2. The lowest BCUT2D eigenvalue weighted by molar-refractivity contribution is -0.142. The molecule has 1 amide bonds. The fourth-order valence-corrected chi connectivity index (χ4v) is 3.38. The maximum atomic E-state index is 13.2. The number of halogens is 4. The van der Waals surface area contributed by atoms with Crippen molar-refractivity contribution in [3.63, 3.8) is 0 Å². The van der Waals surface area contributed by atoms with E-state index in [4.69, 9.17) is 0 Å². The molecular formula is C15H17BrF3N5O. The van der Waals surface area contributed by atoms with Crippen LogP contribution in [0.25, 0.3) is 5.65 Å². The molecular weight excluding hydrogens is 403 g/mol. The van der Waals surface area contributed by atoms with Gasteiger partial charge in [-0.2, -0.15) is 18.3 Å². The predicted octanol–water partition coefficient (Wildman–Crippen LogP) is 2.64. The molecule has 0 aliphatic carbocycles. The van der Waals surface area contributed by atoms with Crippen molar-refractivity contribution < 1.29 is 18.0 Å². The van der Waals surface area contributed by atoms with Crippen LogP contribution in [-0.2, 0) is 6.18 Å². The largest absolute Gasteiger partial charge is 0.433 e. The van der Waals surface area contributed by atoms with Gasteiger partial charge >= 0.3 is 6.18 Å². The molecule has 2 aromatic heterocycles. The average Bonchev–Trinajstić information content (AvgIpc) is 2.85. The second-order valence-electron chi connectivity index (χ2n) is 6.23. The summed E-state index contributed by atoms with van der Waals surface area (Å²) in [7, 11) is 2.00. The molecule has 0 saturated carbocycles. The second kappa shape index (κ2) is 6.56. The minimum atomic E-state index is -4.60. The summed E-state index contributed by atoms with van der Waals surface area (Å²) in [6, 6.07) is 0.891. The fourth-order valence-electron chi connectivity index (χ4n) is 2.87. The van der Waals surface area contributed by atoms with E-state index in [1.54, 1.807) is 0 Å². The number of hydrogen-bond acceptors (Lipinski definition) is 4. The Kier molecular flexibility index (Phi) is 4.76. The number of carbonyl (C=O) groups is 1. The van der Waals surface area contributed by atoms with E-state index in [0.29, 0.717) is 4.52 Å². The number of hydrogen-bond donors (Lipinski definition) is 1. The standard InChI is InChI=1S/C15H17BrF3N5O/c1-8-7-10(15(17,18)19)24-13(20-8)11(16)12(22-24)14(25)21-9-3-5-23(2)6-4-9/h7,9H,3-6H2,1-2H3,(H,21,25). The Morgan fingerprint density at radius 1 is 1.36 bits per heavy atom. The van der Waals surface area contributed by atoms with E-state index < -0.39 is 17.8 Å². The summed E-state index contributed by atoms with van der Waals surface area (Å²) in [5.74, 6) is -0.502. The van der Waals surface area contributed by atoms with Gasteiger partial charge in [-0.3, -0.25) is 4.79 Å². The Balaban J connectivity index is 1.94. The highest BCUT2D eigenvalue weighted by Crippen LogP contribution is 2.32. The van der Waals surface area contributed by atoms with Gasteiger partial charge in [0.25, 0.3) is 5.91 Å². The SMILES string of the molecule is Cc1cc(C(F)(F)F)n2nc(C(=O)NC3CCN(C)CC3)c(Br)c2n1. The smallest absolute Gasteiger partial charge is 0.348 e. The van der Waals surface area contributed by atoms with Crippen molar-refractivity contribution in [2.24, 2.45) is 0 Å². The van der Waals surface area contributed by atoms with E-state index in [-0.39, 0.29) is 27.5 Å². The van der Waals surface area contributed by atoms with Crippen LogP contribution >= 0.6 is 15.9 Å². The monoisotopic (exact) mass is 419 g/mol. The highest BCUT2D eigenvalue weighted by molar-refractivity contribution is 9.10. The number of carbonyl (C=O) groups excluding carboxylic acids is 1. The van der Waals surface area contributed by atoms with Gasteiger partial charge in [-0.25, -0.2) is 9.50 Å². The first-order valence-corrected chi connectivity index (χ1v) is 8.58. The number of aromatic nitrogens is 3. The van der Waals surface area contributed by atoms with Crippen LogP contribution in [0.1, 0.15) is 34.7 Å². The van der Waals surface area contributed by atoms with Crippen LogP contribution < -0.4 is 5.32 Å². The highest BCUT2D eigenvalue weighted by Gasteiger charge is 2.36. The molecule has 6 nitrogen and oxygen atoms in total. The zero-order valence-electron chi connectivity index (χ0n) is 13.7. The lowest BCUT2D eigenvalue weighted by Gasteiger charge is -2.29. The average molecular weight is 420 g/mol. The van der Waals surface area contributed by atoms with E-state index in [2.05, 4.69) is 36.2 Å². The molecule has 0 radical (unpaired) electrons. The molecule has 2 aromatic rings. The molecule has 1 N–H and O–H groups in total. The van der Waals surface area contributed by atoms with Crippen molar-refractivity contribution in [3.8, 4) is 0 Å². The summed E-state index contributed by atoms with van der Waals surface area (Å²) >= 11 is 3.18. The summed E-state index contributed by atoms with van der Waals surface area (Å²) in [4.78, 5) is 18.7. The molecule has 1 saturated heterocycles. The number of aryl methyl sites for hydroxylation is 1. The van der Waals surface area contributed by atoms with E-state index in [0.717, 1.165) is 32.0 Å². The third kappa shape index (κ3) is 3.64. The van der Waals surface area contributed by atoms with E-state index in [1.165, 1.54) is 6.92 Å².